The van der Waals surface area contributed by atoms with Crippen LogP contribution in [-0.2, 0) is 10.0 Å². The third-order valence-corrected chi connectivity index (χ3v) is 7.69. The lowest BCUT2D eigenvalue weighted by Crippen LogP contribution is -2.34. The van der Waals surface area contributed by atoms with Crippen LogP contribution in [0.2, 0.25) is 0 Å². The monoisotopic (exact) mass is 567 g/mol. The highest BCUT2D eigenvalue weighted by Gasteiger charge is 2.12. The minimum Gasteiger partial charge on any atom is -0.370 e. The number of nitrogens with one attached hydrogen (secondary N) is 4. The van der Waals surface area contributed by atoms with Gasteiger partial charge in [-0.15, -0.1) is 0 Å². The number of nitrogens with zero attached hydrogens (tertiary/aromatic N) is 1. The summed E-state index contributed by atoms with van der Waals surface area (Å²) < 4.78 is 25.4. The number of likely N-dealkylation sites (N-methyl/N-ethyl adjacent to an activating group) is 1. The molecule has 0 heterocycles. The second-order valence-corrected chi connectivity index (χ2v) is 12.1. The molecule has 0 aliphatic heterocycles. The molecule has 0 saturated carbocycles. The van der Waals surface area contributed by atoms with Crippen LogP contribution in [0.4, 0.5) is 27.5 Å². The SMILES string of the molecule is CCCCCCCCNC(=O)Nc1ccc(Nc2ccc(N(CC)CCNS(C)(=O)=O)cc2C)c2ccccc12. The van der Waals surface area contributed by atoms with E-state index in [1.54, 1.807) is 0 Å². The summed E-state index contributed by atoms with van der Waals surface area (Å²) in [6, 6.07) is 18.0. The summed E-state index contributed by atoms with van der Waals surface area (Å²) >= 11 is 0. The van der Waals surface area contributed by atoms with Crippen molar-refractivity contribution in [3.63, 3.8) is 0 Å². The Balaban J connectivity index is 1.66. The maximum Gasteiger partial charge on any atom is 0.319 e. The van der Waals surface area contributed by atoms with Gasteiger partial charge in [0.1, 0.15) is 0 Å². The molecule has 0 aliphatic rings. The van der Waals surface area contributed by atoms with E-state index >= 15 is 0 Å². The molecule has 0 atom stereocenters. The van der Waals surface area contributed by atoms with E-state index in [1.807, 2.05) is 48.5 Å². The number of carbonyl (C=O) groups excluding carboxylic acids is 1. The fourth-order valence-corrected chi connectivity index (χ4v) is 5.22. The molecular formula is C31H45N5O3S. The van der Waals surface area contributed by atoms with E-state index in [2.05, 4.69) is 52.4 Å². The summed E-state index contributed by atoms with van der Waals surface area (Å²) in [5, 5.41) is 11.6. The van der Waals surface area contributed by atoms with Crippen LogP contribution in [0.25, 0.3) is 10.8 Å². The van der Waals surface area contributed by atoms with Crippen molar-refractivity contribution < 1.29 is 13.2 Å². The molecule has 2 amide bonds. The van der Waals surface area contributed by atoms with Crippen LogP contribution in [0.3, 0.4) is 0 Å². The fourth-order valence-electron chi connectivity index (χ4n) is 4.76. The molecule has 0 radical (unpaired) electrons. The number of sulfonamides is 1. The molecule has 40 heavy (non-hydrogen) atoms. The van der Waals surface area contributed by atoms with E-state index in [-0.39, 0.29) is 6.03 Å². The second kappa shape index (κ2) is 15.5. The molecule has 9 heteroatoms. The fraction of sp³-hybridized carbons (Fsp3) is 0.452. The van der Waals surface area contributed by atoms with Crippen molar-refractivity contribution in [2.45, 2.75) is 59.3 Å². The van der Waals surface area contributed by atoms with Gasteiger partial charge in [-0.05, 0) is 56.2 Å². The molecule has 3 rings (SSSR count). The average molecular weight is 568 g/mol. The summed E-state index contributed by atoms with van der Waals surface area (Å²) in [6.45, 7) is 8.71. The molecule has 0 aromatic heterocycles. The number of hydrogen-bond acceptors (Lipinski definition) is 5. The Kier molecular flexibility index (Phi) is 12.1. The van der Waals surface area contributed by atoms with Crippen molar-refractivity contribution in [1.29, 1.82) is 0 Å². The highest BCUT2D eigenvalue weighted by atomic mass is 32.2. The Hall–Kier alpha value is -3.30. The van der Waals surface area contributed by atoms with Gasteiger partial charge in [0.05, 0.1) is 11.9 Å². The van der Waals surface area contributed by atoms with Gasteiger partial charge in [-0.25, -0.2) is 17.9 Å². The standard InChI is InChI=1S/C31H45N5O3S/c1-5-7-8-9-10-13-20-32-31(37)35-30-19-18-29(26-14-11-12-15-27(26)30)34-28-17-16-25(23-24(28)3)36(6-2)22-21-33-40(4,38)39/h11-12,14-19,23,33-34H,5-10,13,20-22H2,1-4H3,(H2,32,35,37). The van der Waals surface area contributed by atoms with Crippen molar-refractivity contribution in [3.05, 3.63) is 60.2 Å². The topological polar surface area (TPSA) is 103 Å². The highest BCUT2D eigenvalue weighted by molar-refractivity contribution is 7.88. The Morgan fingerprint density at radius 1 is 0.825 bits per heavy atom. The van der Waals surface area contributed by atoms with Crippen molar-refractivity contribution in [2.75, 3.05) is 48.0 Å². The second-order valence-electron chi connectivity index (χ2n) is 10.2. The van der Waals surface area contributed by atoms with Crippen molar-refractivity contribution >= 4 is 49.6 Å². The van der Waals surface area contributed by atoms with Crippen molar-refractivity contribution in [1.82, 2.24) is 10.0 Å². The molecule has 0 unspecified atom stereocenters. The van der Waals surface area contributed by atoms with Gasteiger partial charge in [0, 0.05) is 54.0 Å². The lowest BCUT2D eigenvalue weighted by molar-refractivity contribution is 0.252. The van der Waals surface area contributed by atoms with Crippen LogP contribution in [0.15, 0.2) is 54.6 Å². The van der Waals surface area contributed by atoms with E-state index in [4.69, 9.17) is 0 Å². The zero-order valence-corrected chi connectivity index (χ0v) is 25.2. The minimum absolute atomic E-state index is 0.182. The predicted octanol–water partition coefficient (Wildman–Crippen LogP) is 6.75. The van der Waals surface area contributed by atoms with Crippen LogP contribution in [0, 0.1) is 6.92 Å². The maximum atomic E-state index is 12.6. The lowest BCUT2D eigenvalue weighted by atomic mass is 10.1. The van der Waals surface area contributed by atoms with Gasteiger partial charge in [0.15, 0.2) is 0 Å². The van der Waals surface area contributed by atoms with Crippen LogP contribution in [0.5, 0.6) is 0 Å². The Morgan fingerprint density at radius 2 is 1.48 bits per heavy atom. The number of rotatable bonds is 16. The smallest absolute Gasteiger partial charge is 0.319 e. The average Bonchev–Trinajstić information content (AvgIpc) is 2.92. The van der Waals surface area contributed by atoms with E-state index < -0.39 is 10.0 Å². The summed E-state index contributed by atoms with van der Waals surface area (Å²) in [7, 11) is -3.21. The molecule has 0 spiro atoms. The van der Waals surface area contributed by atoms with E-state index in [0.717, 1.165) is 58.5 Å². The zero-order valence-electron chi connectivity index (χ0n) is 24.3. The maximum absolute atomic E-state index is 12.6. The molecule has 0 saturated heterocycles. The molecule has 218 valence electrons. The summed E-state index contributed by atoms with van der Waals surface area (Å²) in [6.07, 6.45) is 8.31. The molecule has 0 aliphatic carbocycles. The summed E-state index contributed by atoms with van der Waals surface area (Å²) in [5.74, 6) is 0. The molecule has 4 N–H and O–H groups in total. The first-order chi connectivity index (χ1) is 19.2. The molecule has 0 fully saturated rings. The first-order valence-electron chi connectivity index (χ1n) is 14.4. The Bertz CT molecular complexity index is 1360. The molecule has 3 aromatic rings. The zero-order chi connectivity index (χ0) is 29.0. The number of carbonyl (C=O) groups is 1. The van der Waals surface area contributed by atoms with E-state index in [9.17, 15) is 13.2 Å². The number of fused-ring (bicyclic) bond motifs is 1. The number of unbranched alkanes of at least 4 members (excludes halogenated alkanes) is 5. The van der Waals surface area contributed by atoms with Crippen molar-refractivity contribution in [2.24, 2.45) is 0 Å². The summed E-state index contributed by atoms with van der Waals surface area (Å²) in [5.41, 5.74) is 4.82. The number of aryl methyl sites for hydroxylation is 1. The van der Waals surface area contributed by atoms with Gasteiger partial charge in [0.2, 0.25) is 10.0 Å². The molecule has 8 nitrogen and oxygen atoms in total. The number of anilines is 4. The quantitative estimate of drug-likeness (QED) is 0.143. The van der Waals surface area contributed by atoms with Crippen LogP contribution in [0.1, 0.15) is 57.9 Å². The van der Waals surface area contributed by atoms with Gasteiger partial charge in [-0.3, -0.25) is 0 Å². The lowest BCUT2D eigenvalue weighted by Gasteiger charge is -2.24. The third kappa shape index (κ3) is 9.71. The predicted molar refractivity (Wildman–Crippen MR) is 170 cm³/mol. The van der Waals surface area contributed by atoms with Crippen LogP contribution < -0.4 is 25.6 Å². The number of urea groups is 1. The van der Waals surface area contributed by atoms with Gasteiger partial charge < -0.3 is 20.9 Å². The van der Waals surface area contributed by atoms with Gasteiger partial charge >= 0.3 is 6.03 Å². The van der Waals surface area contributed by atoms with Gasteiger partial charge in [-0.1, -0.05) is 63.3 Å². The molecular weight excluding hydrogens is 522 g/mol. The number of benzene rings is 3. The van der Waals surface area contributed by atoms with E-state index in [1.165, 1.54) is 31.9 Å². The van der Waals surface area contributed by atoms with Crippen LogP contribution >= 0.6 is 0 Å². The number of amides is 2. The minimum atomic E-state index is -3.21. The summed E-state index contributed by atoms with van der Waals surface area (Å²) in [4.78, 5) is 14.7. The molecule has 0 bridgehead atoms. The largest absolute Gasteiger partial charge is 0.370 e. The van der Waals surface area contributed by atoms with Gasteiger partial charge in [0.25, 0.3) is 0 Å². The highest BCUT2D eigenvalue weighted by Crippen LogP contribution is 2.33. The first kappa shape index (κ1) is 31.2. The first-order valence-corrected chi connectivity index (χ1v) is 16.2. The van der Waals surface area contributed by atoms with Crippen molar-refractivity contribution in [3.8, 4) is 0 Å². The van der Waals surface area contributed by atoms with E-state index in [0.29, 0.717) is 19.6 Å². The molecule has 3 aromatic carbocycles. The van der Waals surface area contributed by atoms with Gasteiger partial charge in [-0.2, -0.15) is 0 Å². The Morgan fingerprint density at radius 3 is 2.15 bits per heavy atom. The third-order valence-electron chi connectivity index (χ3n) is 6.96. The van der Waals surface area contributed by atoms with Crippen LogP contribution in [-0.4, -0.2) is 46.9 Å². The normalized spacial score (nSPS) is 11.4. The number of hydrogen-bond donors (Lipinski definition) is 4. The Labute approximate surface area is 240 Å².